The van der Waals surface area contributed by atoms with Gasteiger partial charge in [-0.15, -0.1) is 0 Å². The van der Waals surface area contributed by atoms with E-state index >= 15 is 0 Å². The van der Waals surface area contributed by atoms with Crippen LogP contribution in [0.4, 0.5) is 0 Å². The first-order valence-electron chi connectivity index (χ1n) is 6.39. The molecule has 2 heteroatoms. The van der Waals surface area contributed by atoms with Crippen molar-refractivity contribution < 1.29 is 9.52 Å². The highest BCUT2D eigenvalue weighted by atomic mass is 16.4. The first-order valence-corrected chi connectivity index (χ1v) is 6.39. The molecule has 0 fully saturated rings. The Labute approximate surface area is 112 Å². The lowest BCUT2D eigenvalue weighted by Gasteiger charge is -2.11. The molecule has 3 aromatic rings. The van der Waals surface area contributed by atoms with Crippen LogP contribution in [0.15, 0.2) is 52.9 Å². The molecular weight excluding hydrogens is 236 g/mol. The molecule has 96 valence electrons. The average Bonchev–Trinajstić information content (AvgIpc) is 2.81. The van der Waals surface area contributed by atoms with Crippen molar-refractivity contribution in [1.82, 2.24) is 0 Å². The Bertz CT molecular complexity index is 692. The van der Waals surface area contributed by atoms with Crippen molar-refractivity contribution in [2.24, 2.45) is 0 Å². The number of aryl methyl sites for hydroxylation is 2. The first-order chi connectivity index (χ1) is 9.15. The van der Waals surface area contributed by atoms with Gasteiger partial charge in [0.25, 0.3) is 0 Å². The highest BCUT2D eigenvalue weighted by Crippen LogP contribution is 2.29. The number of hydrogen-bond donors (Lipinski definition) is 1. The van der Waals surface area contributed by atoms with Gasteiger partial charge in [0, 0.05) is 5.39 Å². The lowest BCUT2D eigenvalue weighted by molar-refractivity contribution is 0.191. The van der Waals surface area contributed by atoms with Crippen LogP contribution in [-0.2, 0) is 0 Å². The fourth-order valence-electron chi connectivity index (χ4n) is 2.42. The molecule has 0 aliphatic rings. The van der Waals surface area contributed by atoms with Gasteiger partial charge in [0.15, 0.2) is 0 Å². The van der Waals surface area contributed by atoms with Crippen molar-refractivity contribution in [2.75, 3.05) is 0 Å². The van der Waals surface area contributed by atoms with Crippen molar-refractivity contribution >= 4 is 11.0 Å². The molecule has 0 amide bonds. The predicted octanol–water partition coefficient (Wildman–Crippen LogP) is 4.13. The van der Waals surface area contributed by atoms with Gasteiger partial charge in [0.2, 0.25) is 0 Å². The quantitative estimate of drug-likeness (QED) is 0.744. The molecule has 0 bridgehead atoms. The van der Waals surface area contributed by atoms with Gasteiger partial charge in [0.1, 0.15) is 17.4 Å². The van der Waals surface area contributed by atoms with Crippen LogP contribution < -0.4 is 0 Å². The summed E-state index contributed by atoms with van der Waals surface area (Å²) in [7, 11) is 0. The summed E-state index contributed by atoms with van der Waals surface area (Å²) < 4.78 is 5.72. The largest absolute Gasteiger partial charge is 0.458 e. The number of benzene rings is 2. The zero-order chi connectivity index (χ0) is 13.4. The number of para-hydroxylation sites is 1. The van der Waals surface area contributed by atoms with Crippen LogP contribution in [0.25, 0.3) is 11.0 Å². The SMILES string of the molecule is Cc1ccc(C(O)c2cc3ccccc3o2)c(C)c1. The highest BCUT2D eigenvalue weighted by Gasteiger charge is 2.17. The summed E-state index contributed by atoms with van der Waals surface area (Å²) in [5, 5.41) is 11.5. The molecule has 1 N–H and O–H groups in total. The summed E-state index contributed by atoms with van der Waals surface area (Å²) >= 11 is 0. The Morgan fingerprint density at radius 3 is 2.53 bits per heavy atom. The first kappa shape index (κ1) is 12.0. The molecule has 2 nitrogen and oxygen atoms in total. The molecule has 0 saturated carbocycles. The third-order valence-corrected chi connectivity index (χ3v) is 3.43. The van der Waals surface area contributed by atoms with E-state index < -0.39 is 6.10 Å². The summed E-state index contributed by atoms with van der Waals surface area (Å²) in [5.41, 5.74) is 3.97. The summed E-state index contributed by atoms with van der Waals surface area (Å²) in [6, 6.07) is 15.7. The van der Waals surface area contributed by atoms with E-state index in [1.807, 2.05) is 56.3 Å². The van der Waals surface area contributed by atoms with Gasteiger partial charge in [-0.3, -0.25) is 0 Å². The Balaban J connectivity index is 2.05. The van der Waals surface area contributed by atoms with Gasteiger partial charge < -0.3 is 9.52 Å². The number of furan rings is 1. The lowest BCUT2D eigenvalue weighted by atomic mass is 9.99. The van der Waals surface area contributed by atoms with Gasteiger partial charge in [-0.05, 0) is 37.1 Å². The second kappa shape index (κ2) is 4.56. The molecule has 1 atom stereocenters. The van der Waals surface area contributed by atoms with Crippen molar-refractivity contribution in [3.63, 3.8) is 0 Å². The topological polar surface area (TPSA) is 33.4 Å². The molecule has 1 unspecified atom stereocenters. The zero-order valence-corrected chi connectivity index (χ0v) is 11.1. The molecule has 0 spiro atoms. The van der Waals surface area contributed by atoms with Gasteiger partial charge in [0.05, 0.1) is 0 Å². The molecule has 1 heterocycles. The molecule has 0 aliphatic carbocycles. The van der Waals surface area contributed by atoms with Crippen LogP contribution in [0.1, 0.15) is 28.6 Å². The van der Waals surface area contributed by atoms with Crippen molar-refractivity contribution in [2.45, 2.75) is 20.0 Å². The molecule has 3 rings (SSSR count). The minimum Gasteiger partial charge on any atom is -0.458 e. The van der Waals surface area contributed by atoms with Crippen LogP contribution in [0, 0.1) is 13.8 Å². The second-order valence-electron chi connectivity index (χ2n) is 4.95. The summed E-state index contributed by atoms with van der Waals surface area (Å²) in [5.74, 6) is 0.591. The molecular formula is C17H16O2. The maximum atomic E-state index is 10.5. The van der Waals surface area contributed by atoms with E-state index in [1.165, 1.54) is 5.56 Å². The minimum atomic E-state index is -0.715. The molecule has 0 radical (unpaired) electrons. The Morgan fingerprint density at radius 2 is 1.79 bits per heavy atom. The normalized spacial score (nSPS) is 12.8. The summed E-state index contributed by atoms with van der Waals surface area (Å²) in [6.45, 7) is 4.05. The van der Waals surface area contributed by atoms with E-state index in [9.17, 15) is 5.11 Å². The van der Waals surface area contributed by atoms with Crippen molar-refractivity contribution in [3.8, 4) is 0 Å². The minimum absolute atomic E-state index is 0.591. The van der Waals surface area contributed by atoms with Gasteiger partial charge in [-0.1, -0.05) is 42.0 Å². The molecule has 0 saturated heterocycles. The predicted molar refractivity (Wildman–Crippen MR) is 76.2 cm³/mol. The second-order valence-corrected chi connectivity index (χ2v) is 4.95. The van der Waals surface area contributed by atoms with Gasteiger partial charge >= 0.3 is 0 Å². The Hall–Kier alpha value is -2.06. The number of rotatable bonds is 2. The van der Waals surface area contributed by atoms with Crippen LogP contribution in [-0.4, -0.2) is 5.11 Å². The lowest BCUT2D eigenvalue weighted by Crippen LogP contribution is -2.00. The standard InChI is InChI=1S/C17H16O2/c1-11-7-8-14(12(2)9-11)17(18)16-10-13-5-3-4-6-15(13)19-16/h3-10,17-18H,1-2H3. The van der Waals surface area contributed by atoms with E-state index in [4.69, 9.17) is 4.42 Å². The number of aliphatic hydroxyl groups excluding tert-OH is 1. The van der Waals surface area contributed by atoms with E-state index in [1.54, 1.807) is 0 Å². The van der Waals surface area contributed by atoms with E-state index in [-0.39, 0.29) is 0 Å². The fourth-order valence-corrected chi connectivity index (χ4v) is 2.42. The zero-order valence-electron chi connectivity index (χ0n) is 11.1. The summed E-state index contributed by atoms with van der Waals surface area (Å²) in [4.78, 5) is 0. The van der Waals surface area contributed by atoms with Crippen LogP contribution in [0.3, 0.4) is 0 Å². The monoisotopic (exact) mass is 252 g/mol. The number of aliphatic hydroxyl groups is 1. The maximum Gasteiger partial charge on any atom is 0.138 e. The van der Waals surface area contributed by atoms with E-state index in [0.717, 1.165) is 22.1 Å². The molecule has 2 aromatic carbocycles. The van der Waals surface area contributed by atoms with Crippen LogP contribution in [0.5, 0.6) is 0 Å². The fraction of sp³-hybridized carbons (Fsp3) is 0.176. The third-order valence-electron chi connectivity index (χ3n) is 3.43. The van der Waals surface area contributed by atoms with E-state index in [0.29, 0.717) is 5.76 Å². The van der Waals surface area contributed by atoms with Crippen molar-refractivity contribution in [1.29, 1.82) is 0 Å². The highest BCUT2D eigenvalue weighted by molar-refractivity contribution is 5.77. The molecule has 19 heavy (non-hydrogen) atoms. The molecule has 1 aromatic heterocycles. The summed E-state index contributed by atoms with van der Waals surface area (Å²) in [6.07, 6.45) is -0.715. The van der Waals surface area contributed by atoms with Crippen LogP contribution in [0.2, 0.25) is 0 Å². The molecule has 0 aliphatic heterocycles. The van der Waals surface area contributed by atoms with Crippen LogP contribution >= 0.6 is 0 Å². The third kappa shape index (κ3) is 2.15. The number of fused-ring (bicyclic) bond motifs is 1. The number of hydrogen-bond acceptors (Lipinski definition) is 2. The Morgan fingerprint density at radius 1 is 1.00 bits per heavy atom. The van der Waals surface area contributed by atoms with Crippen molar-refractivity contribution in [3.05, 3.63) is 71.0 Å². The maximum absolute atomic E-state index is 10.5. The van der Waals surface area contributed by atoms with Gasteiger partial charge in [-0.25, -0.2) is 0 Å². The average molecular weight is 252 g/mol. The van der Waals surface area contributed by atoms with Gasteiger partial charge in [-0.2, -0.15) is 0 Å². The Kier molecular flexibility index (Phi) is 2.88. The smallest absolute Gasteiger partial charge is 0.138 e. The van der Waals surface area contributed by atoms with E-state index in [2.05, 4.69) is 6.07 Å².